The smallest absolute Gasteiger partial charge is 0.407 e. The molecule has 0 saturated heterocycles. The zero-order valence-corrected chi connectivity index (χ0v) is 11.9. The molecule has 5 nitrogen and oxygen atoms in total. The summed E-state index contributed by atoms with van der Waals surface area (Å²) in [5.41, 5.74) is 0.378. The van der Waals surface area contributed by atoms with Crippen LogP contribution in [0.2, 0.25) is 0 Å². The molecule has 0 aromatic carbocycles. The second-order valence-electron chi connectivity index (χ2n) is 5.90. The third-order valence-corrected chi connectivity index (χ3v) is 4.60. The number of alkyl carbamates (subject to hydrolysis) is 1. The standard InChI is InChI=1S/C14H23NO4/c1-4-18-13(17)15-9(2)12(16)19-11-6-8-14(3)7-5-10(11)14/h9-11H,4-8H2,1-3H3,(H,15,17)/t9-,10-,11-,14+/m0/s1. The molecule has 0 spiro atoms. The minimum absolute atomic E-state index is 0.0256. The van der Waals surface area contributed by atoms with Crippen molar-refractivity contribution < 1.29 is 19.1 Å². The Labute approximate surface area is 114 Å². The molecule has 108 valence electrons. The van der Waals surface area contributed by atoms with Crippen LogP contribution in [0.25, 0.3) is 0 Å². The first-order valence-electron chi connectivity index (χ1n) is 7.10. The summed E-state index contributed by atoms with van der Waals surface area (Å²) in [7, 11) is 0. The van der Waals surface area contributed by atoms with E-state index in [-0.39, 0.29) is 18.7 Å². The van der Waals surface area contributed by atoms with Gasteiger partial charge >= 0.3 is 12.1 Å². The SMILES string of the molecule is CCOC(=O)N[C@@H](C)C(=O)O[C@H]1CC[C@@]2(C)CC[C@@H]12. The predicted molar refractivity (Wildman–Crippen MR) is 69.6 cm³/mol. The van der Waals surface area contributed by atoms with E-state index < -0.39 is 12.1 Å². The molecule has 0 aromatic rings. The number of rotatable bonds is 4. The van der Waals surface area contributed by atoms with Crippen molar-refractivity contribution in [2.24, 2.45) is 11.3 Å². The van der Waals surface area contributed by atoms with E-state index >= 15 is 0 Å². The summed E-state index contributed by atoms with van der Waals surface area (Å²) < 4.78 is 10.3. The van der Waals surface area contributed by atoms with Gasteiger partial charge in [0.1, 0.15) is 12.1 Å². The van der Waals surface area contributed by atoms with E-state index in [1.807, 2.05) is 0 Å². The van der Waals surface area contributed by atoms with Crippen LogP contribution in [0, 0.1) is 11.3 Å². The molecule has 2 fully saturated rings. The van der Waals surface area contributed by atoms with Crippen LogP contribution in [-0.4, -0.2) is 30.8 Å². The van der Waals surface area contributed by atoms with Crippen molar-refractivity contribution in [3.05, 3.63) is 0 Å². The highest BCUT2D eigenvalue weighted by Gasteiger charge is 2.53. The van der Waals surface area contributed by atoms with Crippen LogP contribution in [0.15, 0.2) is 0 Å². The Balaban J connectivity index is 1.79. The first kappa shape index (κ1) is 14.2. The molecular formula is C14H23NO4. The predicted octanol–water partition coefficient (Wildman–Crippen LogP) is 2.24. The Hall–Kier alpha value is -1.26. The first-order valence-corrected chi connectivity index (χ1v) is 7.10. The number of ether oxygens (including phenoxy) is 2. The van der Waals surface area contributed by atoms with E-state index in [0.717, 1.165) is 19.3 Å². The van der Waals surface area contributed by atoms with Crippen LogP contribution in [-0.2, 0) is 14.3 Å². The fourth-order valence-electron chi connectivity index (χ4n) is 3.22. The number of nitrogens with one attached hydrogen (secondary N) is 1. The lowest BCUT2D eigenvalue weighted by Gasteiger charge is -2.43. The Kier molecular flexibility index (Phi) is 4.02. The van der Waals surface area contributed by atoms with Gasteiger partial charge in [0.25, 0.3) is 0 Å². The van der Waals surface area contributed by atoms with Crippen LogP contribution in [0.1, 0.15) is 46.5 Å². The quantitative estimate of drug-likeness (QED) is 0.795. The number of amides is 1. The molecule has 19 heavy (non-hydrogen) atoms. The third kappa shape index (κ3) is 2.85. The van der Waals surface area contributed by atoms with Gasteiger partial charge in [0, 0.05) is 5.92 Å². The van der Waals surface area contributed by atoms with Crippen molar-refractivity contribution in [3.8, 4) is 0 Å². The molecule has 2 aliphatic carbocycles. The summed E-state index contributed by atoms with van der Waals surface area (Å²) >= 11 is 0. The molecule has 2 saturated carbocycles. The minimum atomic E-state index is -0.661. The third-order valence-electron chi connectivity index (χ3n) is 4.60. The Bertz CT molecular complexity index is 370. The maximum atomic E-state index is 11.9. The highest BCUT2D eigenvalue weighted by molar-refractivity contribution is 5.81. The molecule has 0 radical (unpaired) electrons. The summed E-state index contributed by atoms with van der Waals surface area (Å²) in [6.45, 7) is 5.90. The zero-order chi connectivity index (χ0) is 14.0. The van der Waals surface area contributed by atoms with Gasteiger partial charge in [-0.1, -0.05) is 6.92 Å². The van der Waals surface area contributed by atoms with Crippen LogP contribution in [0.3, 0.4) is 0 Å². The molecule has 0 aliphatic heterocycles. The average Bonchev–Trinajstić information content (AvgIpc) is 2.53. The van der Waals surface area contributed by atoms with E-state index in [2.05, 4.69) is 12.2 Å². The fraction of sp³-hybridized carbons (Fsp3) is 0.857. The average molecular weight is 269 g/mol. The van der Waals surface area contributed by atoms with E-state index in [1.54, 1.807) is 13.8 Å². The van der Waals surface area contributed by atoms with Gasteiger partial charge < -0.3 is 14.8 Å². The van der Waals surface area contributed by atoms with Gasteiger partial charge in [0.2, 0.25) is 0 Å². The van der Waals surface area contributed by atoms with E-state index in [4.69, 9.17) is 9.47 Å². The van der Waals surface area contributed by atoms with Crippen LogP contribution in [0.4, 0.5) is 4.79 Å². The van der Waals surface area contributed by atoms with Gasteiger partial charge in [0.15, 0.2) is 0 Å². The molecule has 5 heteroatoms. The normalized spacial score (nSPS) is 33.8. The molecular weight excluding hydrogens is 246 g/mol. The molecule has 4 atom stereocenters. The lowest BCUT2D eigenvalue weighted by Crippen LogP contribution is -2.44. The van der Waals surface area contributed by atoms with E-state index in [9.17, 15) is 9.59 Å². The van der Waals surface area contributed by atoms with Crippen LogP contribution in [0.5, 0.6) is 0 Å². The summed E-state index contributed by atoms with van der Waals surface area (Å²) in [6.07, 6.45) is 3.91. The van der Waals surface area contributed by atoms with Gasteiger partial charge in [-0.2, -0.15) is 0 Å². The maximum absolute atomic E-state index is 11.9. The summed E-state index contributed by atoms with van der Waals surface area (Å²) in [6, 6.07) is -0.661. The molecule has 2 aliphatic rings. The summed E-state index contributed by atoms with van der Waals surface area (Å²) in [5.74, 6) is 0.139. The van der Waals surface area contributed by atoms with Crippen molar-refractivity contribution in [1.29, 1.82) is 0 Å². The second kappa shape index (κ2) is 5.39. The molecule has 1 N–H and O–H groups in total. The second-order valence-corrected chi connectivity index (χ2v) is 5.90. The highest BCUT2D eigenvalue weighted by Crippen LogP contribution is 2.57. The van der Waals surface area contributed by atoms with Crippen LogP contribution >= 0.6 is 0 Å². The van der Waals surface area contributed by atoms with Crippen molar-refractivity contribution in [2.75, 3.05) is 6.61 Å². The monoisotopic (exact) mass is 269 g/mol. The molecule has 2 rings (SSSR count). The van der Waals surface area contributed by atoms with Crippen molar-refractivity contribution >= 4 is 12.1 Å². The number of carbonyl (C=O) groups excluding carboxylic acids is 2. The van der Waals surface area contributed by atoms with Gasteiger partial charge in [0.05, 0.1) is 6.61 Å². The lowest BCUT2D eigenvalue weighted by molar-refractivity contribution is -0.156. The van der Waals surface area contributed by atoms with Gasteiger partial charge in [-0.3, -0.25) is 0 Å². The van der Waals surface area contributed by atoms with Gasteiger partial charge in [-0.25, -0.2) is 9.59 Å². The maximum Gasteiger partial charge on any atom is 0.407 e. The largest absolute Gasteiger partial charge is 0.461 e. The molecule has 1 amide bonds. The van der Waals surface area contributed by atoms with Crippen LogP contribution < -0.4 is 5.32 Å². The van der Waals surface area contributed by atoms with E-state index in [1.165, 1.54) is 6.42 Å². The van der Waals surface area contributed by atoms with E-state index in [0.29, 0.717) is 11.3 Å². The molecule has 0 unspecified atom stereocenters. The summed E-state index contributed by atoms with van der Waals surface area (Å²) in [5, 5.41) is 2.47. The highest BCUT2D eigenvalue weighted by atomic mass is 16.6. The number of hydrogen-bond donors (Lipinski definition) is 1. The number of carbonyl (C=O) groups is 2. The number of esters is 1. The molecule has 0 heterocycles. The van der Waals surface area contributed by atoms with Gasteiger partial charge in [-0.15, -0.1) is 0 Å². The Morgan fingerprint density at radius 2 is 2.05 bits per heavy atom. The molecule has 0 bridgehead atoms. The van der Waals surface area contributed by atoms with Crippen molar-refractivity contribution in [1.82, 2.24) is 5.32 Å². The molecule has 0 aromatic heterocycles. The number of hydrogen-bond acceptors (Lipinski definition) is 4. The fourth-order valence-corrected chi connectivity index (χ4v) is 3.22. The first-order chi connectivity index (χ1) is 8.96. The Morgan fingerprint density at radius 1 is 1.37 bits per heavy atom. The zero-order valence-electron chi connectivity index (χ0n) is 11.9. The Morgan fingerprint density at radius 3 is 2.58 bits per heavy atom. The van der Waals surface area contributed by atoms with Crippen molar-refractivity contribution in [3.63, 3.8) is 0 Å². The van der Waals surface area contributed by atoms with Crippen molar-refractivity contribution in [2.45, 2.75) is 58.6 Å². The minimum Gasteiger partial charge on any atom is -0.461 e. The lowest BCUT2D eigenvalue weighted by atomic mass is 9.63. The van der Waals surface area contributed by atoms with Gasteiger partial charge in [-0.05, 0) is 44.9 Å². The topological polar surface area (TPSA) is 64.6 Å². The summed E-state index contributed by atoms with van der Waals surface area (Å²) in [4.78, 5) is 23.2. The number of fused-ring (bicyclic) bond motifs is 1.